The minimum absolute atomic E-state index is 0.359. The highest BCUT2D eigenvalue weighted by molar-refractivity contribution is 8.00. The average Bonchev–Trinajstić information content (AvgIpc) is 2.91. The molecule has 4 rings (SSSR count). The van der Waals surface area contributed by atoms with Gasteiger partial charge in [0.25, 0.3) is 0 Å². The molecule has 0 bridgehead atoms. The van der Waals surface area contributed by atoms with Crippen molar-refractivity contribution in [2.24, 2.45) is 5.73 Å². The van der Waals surface area contributed by atoms with Gasteiger partial charge in [0.05, 0.1) is 11.1 Å². The van der Waals surface area contributed by atoms with Gasteiger partial charge in [-0.25, -0.2) is 4.98 Å². The Morgan fingerprint density at radius 1 is 1.08 bits per heavy atom. The molecule has 8 nitrogen and oxygen atoms in total. The smallest absolute Gasteiger partial charge is 0.235 e. The van der Waals surface area contributed by atoms with Crippen LogP contribution in [0.1, 0.15) is 47.3 Å². The number of aromatic nitrogens is 1. The molecule has 2 N–H and O–H groups in total. The first kappa shape index (κ1) is 26.0. The number of anilines is 1. The van der Waals surface area contributed by atoms with Gasteiger partial charge in [-0.05, 0) is 37.4 Å². The number of amides is 1. The quantitative estimate of drug-likeness (QED) is 0.574. The zero-order chi connectivity index (χ0) is 25.7. The minimum atomic E-state index is -0.681. The van der Waals surface area contributed by atoms with Gasteiger partial charge in [-0.1, -0.05) is 49.0 Å². The van der Waals surface area contributed by atoms with E-state index in [0.717, 1.165) is 57.7 Å². The Hall–Kier alpha value is -3.11. The molecule has 2 fully saturated rings. The number of likely N-dealkylation sites (N-methyl/N-ethyl adjacent to an activating group) is 1. The number of piperazine rings is 1. The molecule has 3 heterocycles. The molecule has 1 atom stereocenters. The van der Waals surface area contributed by atoms with Crippen molar-refractivity contribution in [2.75, 3.05) is 51.2 Å². The summed E-state index contributed by atoms with van der Waals surface area (Å²) in [5.41, 5.74) is 8.04. The summed E-state index contributed by atoms with van der Waals surface area (Å²) < 4.78 is 0. The number of benzene rings is 1. The number of piperidine rings is 1. The average molecular weight is 504 g/mol. The van der Waals surface area contributed by atoms with Gasteiger partial charge in [0.2, 0.25) is 5.91 Å². The summed E-state index contributed by atoms with van der Waals surface area (Å²) in [5, 5.41) is 19.9. The fourth-order valence-corrected chi connectivity index (χ4v) is 6.22. The fourth-order valence-electron chi connectivity index (χ4n) is 5.16. The number of hydrogen-bond acceptors (Lipinski definition) is 8. The molecule has 188 valence electrons. The molecule has 0 saturated carbocycles. The van der Waals surface area contributed by atoms with Gasteiger partial charge in [0.1, 0.15) is 28.2 Å². The normalized spacial score (nSPS) is 18.4. The largest absolute Gasteiger partial charge is 0.368 e. The van der Waals surface area contributed by atoms with E-state index in [9.17, 15) is 15.3 Å². The second kappa shape index (κ2) is 11.7. The van der Waals surface area contributed by atoms with Crippen LogP contribution in [0.3, 0.4) is 0 Å². The van der Waals surface area contributed by atoms with Crippen LogP contribution in [0.2, 0.25) is 0 Å². The molecule has 2 saturated heterocycles. The Kier molecular flexibility index (Phi) is 8.48. The summed E-state index contributed by atoms with van der Waals surface area (Å²) in [6, 6.07) is 14.4. The first-order valence-corrected chi connectivity index (χ1v) is 13.4. The van der Waals surface area contributed by atoms with Crippen LogP contribution >= 0.6 is 11.8 Å². The summed E-state index contributed by atoms with van der Waals surface area (Å²) in [6.45, 7) is 7.92. The van der Waals surface area contributed by atoms with Crippen molar-refractivity contribution < 1.29 is 4.79 Å². The van der Waals surface area contributed by atoms with Gasteiger partial charge in [-0.3, -0.25) is 9.69 Å². The SMILES string of the molecule is CCc1c(C#N)c(SC(C(N)=O)c2ccccc2)nc(N2CCC(N3CCN(C)CC3)CC2)c1C#N. The number of pyridine rings is 1. The van der Waals surface area contributed by atoms with E-state index in [4.69, 9.17) is 10.7 Å². The Morgan fingerprint density at radius 3 is 2.28 bits per heavy atom. The van der Waals surface area contributed by atoms with E-state index >= 15 is 0 Å². The summed E-state index contributed by atoms with van der Waals surface area (Å²) >= 11 is 1.19. The number of rotatable bonds is 7. The van der Waals surface area contributed by atoms with Crippen LogP contribution < -0.4 is 10.6 Å². The van der Waals surface area contributed by atoms with Crippen molar-refractivity contribution in [1.29, 1.82) is 10.5 Å². The Balaban J connectivity index is 1.64. The molecule has 0 radical (unpaired) electrons. The first-order chi connectivity index (χ1) is 17.5. The number of nitrogens with two attached hydrogens (primary N) is 1. The third kappa shape index (κ3) is 5.49. The van der Waals surface area contributed by atoms with Gasteiger partial charge in [0, 0.05) is 45.3 Å². The second-order valence-corrected chi connectivity index (χ2v) is 10.5. The maximum absolute atomic E-state index is 12.4. The van der Waals surface area contributed by atoms with Gasteiger partial charge in [0.15, 0.2) is 0 Å². The highest BCUT2D eigenvalue weighted by Crippen LogP contribution is 2.40. The molecule has 0 aliphatic carbocycles. The maximum atomic E-state index is 12.4. The highest BCUT2D eigenvalue weighted by atomic mass is 32.2. The Morgan fingerprint density at radius 2 is 1.72 bits per heavy atom. The first-order valence-electron chi connectivity index (χ1n) is 12.5. The molecule has 2 aliphatic rings. The van der Waals surface area contributed by atoms with E-state index in [-0.39, 0.29) is 0 Å². The molecule has 9 heteroatoms. The molecule has 1 amide bonds. The molecular formula is C27H33N7OS. The van der Waals surface area contributed by atoms with Gasteiger partial charge >= 0.3 is 0 Å². The topological polar surface area (TPSA) is 113 Å². The van der Waals surface area contributed by atoms with E-state index in [1.807, 2.05) is 37.3 Å². The summed E-state index contributed by atoms with van der Waals surface area (Å²) in [4.78, 5) is 24.4. The summed E-state index contributed by atoms with van der Waals surface area (Å²) in [6.07, 6.45) is 2.54. The monoisotopic (exact) mass is 503 g/mol. The lowest BCUT2D eigenvalue weighted by molar-refractivity contribution is -0.117. The van der Waals surface area contributed by atoms with Crippen LogP contribution in [0.15, 0.2) is 35.4 Å². The Bertz CT molecular complexity index is 1160. The van der Waals surface area contributed by atoms with E-state index in [1.54, 1.807) is 0 Å². The third-order valence-electron chi connectivity index (χ3n) is 7.23. The lowest BCUT2D eigenvalue weighted by Crippen LogP contribution is -2.52. The van der Waals surface area contributed by atoms with Crippen LogP contribution in [0.25, 0.3) is 0 Å². The third-order valence-corrected chi connectivity index (χ3v) is 8.49. The van der Waals surface area contributed by atoms with E-state index in [0.29, 0.717) is 40.0 Å². The summed E-state index contributed by atoms with van der Waals surface area (Å²) in [7, 11) is 2.17. The predicted octanol–water partition coefficient (Wildman–Crippen LogP) is 2.92. The number of nitrogens with zero attached hydrogens (tertiary/aromatic N) is 6. The molecule has 2 aliphatic heterocycles. The zero-order valence-corrected chi connectivity index (χ0v) is 21.8. The molecule has 36 heavy (non-hydrogen) atoms. The molecule has 1 unspecified atom stereocenters. The zero-order valence-electron chi connectivity index (χ0n) is 21.0. The number of primary amides is 1. The van der Waals surface area contributed by atoms with Gasteiger partial charge in [-0.15, -0.1) is 0 Å². The van der Waals surface area contributed by atoms with Crippen LogP contribution in [0.5, 0.6) is 0 Å². The second-order valence-electron chi connectivity index (χ2n) is 9.41. The number of carbonyl (C=O) groups is 1. The van der Waals surface area contributed by atoms with E-state index < -0.39 is 11.2 Å². The lowest BCUT2D eigenvalue weighted by Gasteiger charge is -2.42. The van der Waals surface area contributed by atoms with Crippen molar-refractivity contribution in [3.05, 3.63) is 52.6 Å². The van der Waals surface area contributed by atoms with Crippen LogP contribution in [-0.2, 0) is 11.2 Å². The van der Waals surface area contributed by atoms with Crippen LogP contribution in [0, 0.1) is 22.7 Å². The number of nitriles is 2. The van der Waals surface area contributed by atoms with Crippen molar-refractivity contribution in [1.82, 2.24) is 14.8 Å². The predicted molar refractivity (Wildman–Crippen MR) is 142 cm³/mol. The van der Waals surface area contributed by atoms with E-state index in [1.165, 1.54) is 11.8 Å². The molecule has 0 spiro atoms. The number of carbonyl (C=O) groups excluding carboxylic acids is 1. The maximum Gasteiger partial charge on any atom is 0.235 e. The van der Waals surface area contributed by atoms with E-state index in [2.05, 4.69) is 33.9 Å². The standard InChI is InChI=1S/C27H33N7OS/c1-3-21-22(17-28)26(34-11-9-20(10-12-34)33-15-13-32(2)14-16-33)31-27(23(21)18-29)36-24(25(30)35)19-7-5-4-6-8-19/h4-8,20,24H,3,9-16H2,1-2H3,(H2,30,35). The number of thioether (sulfide) groups is 1. The van der Waals surface area contributed by atoms with Crippen LogP contribution in [0.4, 0.5) is 5.82 Å². The van der Waals surface area contributed by atoms with Crippen molar-refractivity contribution in [3.63, 3.8) is 0 Å². The van der Waals surface area contributed by atoms with Crippen molar-refractivity contribution >= 4 is 23.5 Å². The minimum Gasteiger partial charge on any atom is -0.368 e. The Labute approximate surface area is 217 Å². The lowest BCUT2D eigenvalue weighted by atomic mass is 9.99. The fraction of sp³-hybridized carbons (Fsp3) is 0.481. The van der Waals surface area contributed by atoms with Gasteiger partial charge in [-0.2, -0.15) is 10.5 Å². The van der Waals surface area contributed by atoms with Crippen LogP contribution in [-0.4, -0.2) is 73.0 Å². The number of hydrogen-bond donors (Lipinski definition) is 1. The van der Waals surface area contributed by atoms with Gasteiger partial charge < -0.3 is 15.5 Å². The highest BCUT2D eigenvalue weighted by Gasteiger charge is 2.31. The molecule has 2 aromatic rings. The van der Waals surface area contributed by atoms with Crippen molar-refractivity contribution in [3.8, 4) is 12.1 Å². The molecular weight excluding hydrogens is 470 g/mol. The molecule has 1 aromatic heterocycles. The summed E-state index contributed by atoms with van der Waals surface area (Å²) in [5.74, 6) is 0.123. The molecule has 1 aromatic carbocycles. The van der Waals surface area contributed by atoms with Crippen molar-refractivity contribution in [2.45, 2.75) is 42.5 Å².